The molecule has 0 fully saturated rings. The van der Waals surface area contributed by atoms with E-state index in [1.807, 2.05) is 24.3 Å². The van der Waals surface area contributed by atoms with Crippen molar-refractivity contribution >= 4 is 34.4 Å². The molecule has 1 aromatic carbocycles. The summed E-state index contributed by atoms with van der Waals surface area (Å²) in [5.41, 5.74) is 7.93. The molecular weight excluding hydrogens is 382 g/mol. The van der Waals surface area contributed by atoms with Crippen molar-refractivity contribution in [2.45, 2.75) is 13.5 Å². The summed E-state index contributed by atoms with van der Waals surface area (Å²) in [6.07, 6.45) is 4.41. The van der Waals surface area contributed by atoms with Gasteiger partial charge in [0.05, 0.1) is 30.9 Å². The molecule has 0 amide bonds. The number of fused-ring (bicyclic) bond motifs is 1. The van der Waals surface area contributed by atoms with E-state index in [2.05, 4.69) is 20.2 Å². The Hall–Kier alpha value is -3.46. The number of halogens is 1. The van der Waals surface area contributed by atoms with Gasteiger partial charge in [0.25, 0.3) is 0 Å². The number of hydrogen-bond acceptors (Lipinski definition) is 7. The van der Waals surface area contributed by atoms with Gasteiger partial charge in [0.1, 0.15) is 17.7 Å². The molecule has 0 atom stereocenters. The number of aromatic nitrogens is 6. The molecule has 10 heteroatoms. The number of nitrogens with two attached hydrogens (primary N) is 1. The number of esters is 1. The van der Waals surface area contributed by atoms with Gasteiger partial charge >= 0.3 is 5.97 Å². The number of rotatable bonds is 5. The molecule has 3 heterocycles. The minimum Gasteiger partial charge on any atom is -0.462 e. The smallest absolute Gasteiger partial charge is 0.343 e. The highest BCUT2D eigenvalue weighted by molar-refractivity contribution is 6.30. The van der Waals surface area contributed by atoms with Gasteiger partial charge in [-0.15, -0.1) is 0 Å². The van der Waals surface area contributed by atoms with E-state index < -0.39 is 5.97 Å². The first kappa shape index (κ1) is 17.9. The van der Waals surface area contributed by atoms with Crippen LogP contribution in [0.2, 0.25) is 5.02 Å². The van der Waals surface area contributed by atoms with Gasteiger partial charge in [-0.1, -0.05) is 23.7 Å². The zero-order chi connectivity index (χ0) is 19.7. The molecular formula is C18H16ClN7O2. The maximum atomic E-state index is 12.0. The Kier molecular flexibility index (Phi) is 4.66. The second kappa shape index (κ2) is 7.28. The third kappa shape index (κ3) is 3.16. The fourth-order valence-electron chi connectivity index (χ4n) is 2.82. The average molecular weight is 398 g/mol. The molecule has 0 unspecified atom stereocenters. The summed E-state index contributed by atoms with van der Waals surface area (Å²) < 4.78 is 8.12. The molecule has 0 bridgehead atoms. The third-order valence-electron chi connectivity index (χ3n) is 4.16. The average Bonchev–Trinajstić information content (AvgIpc) is 3.27. The monoisotopic (exact) mass is 397 g/mol. The molecule has 0 saturated carbocycles. The van der Waals surface area contributed by atoms with Gasteiger partial charge in [0.15, 0.2) is 11.5 Å². The SMILES string of the molecule is CCOC(=O)c1cnn(-c2ncnc3c2cnn3Cc2ccc(Cl)cc2)c1N. The molecule has 2 N–H and O–H groups in total. The zero-order valence-electron chi connectivity index (χ0n) is 14.9. The van der Waals surface area contributed by atoms with Gasteiger partial charge < -0.3 is 10.5 Å². The van der Waals surface area contributed by atoms with E-state index in [4.69, 9.17) is 22.1 Å². The molecule has 142 valence electrons. The predicted octanol–water partition coefficient (Wildman–Crippen LogP) is 2.47. The number of nitrogens with zero attached hydrogens (tertiary/aromatic N) is 6. The molecule has 0 radical (unpaired) electrons. The van der Waals surface area contributed by atoms with E-state index in [9.17, 15) is 4.79 Å². The van der Waals surface area contributed by atoms with Crippen LogP contribution in [0.5, 0.6) is 0 Å². The summed E-state index contributed by atoms with van der Waals surface area (Å²) >= 11 is 5.94. The first-order valence-electron chi connectivity index (χ1n) is 8.50. The molecule has 0 aliphatic carbocycles. The first-order valence-corrected chi connectivity index (χ1v) is 8.88. The first-order chi connectivity index (χ1) is 13.6. The molecule has 3 aromatic heterocycles. The predicted molar refractivity (Wildman–Crippen MR) is 103 cm³/mol. The fraction of sp³-hybridized carbons (Fsp3) is 0.167. The fourth-order valence-corrected chi connectivity index (χ4v) is 2.95. The third-order valence-corrected chi connectivity index (χ3v) is 4.41. The Morgan fingerprint density at radius 1 is 1.18 bits per heavy atom. The van der Waals surface area contributed by atoms with Crippen molar-refractivity contribution < 1.29 is 9.53 Å². The lowest BCUT2D eigenvalue weighted by Crippen LogP contribution is -2.10. The van der Waals surface area contributed by atoms with Gasteiger partial charge in [-0.25, -0.2) is 19.4 Å². The Bertz CT molecular complexity index is 1150. The summed E-state index contributed by atoms with van der Waals surface area (Å²) in [5, 5.41) is 9.92. The summed E-state index contributed by atoms with van der Waals surface area (Å²) in [4.78, 5) is 20.6. The van der Waals surface area contributed by atoms with Gasteiger partial charge in [-0.2, -0.15) is 14.9 Å². The highest BCUT2D eigenvalue weighted by atomic mass is 35.5. The molecule has 0 aliphatic heterocycles. The van der Waals surface area contributed by atoms with Crippen LogP contribution in [0.25, 0.3) is 16.9 Å². The number of ether oxygens (including phenoxy) is 1. The van der Waals surface area contributed by atoms with Gasteiger partial charge in [0.2, 0.25) is 0 Å². The zero-order valence-corrected chi connectivity index (χ0v) is 15.7. The Balaban J connectivity index is 1.73. The highest BCUT2D eigenvalue weighted by Gasteiger charge is 2.20. The molecule has 4 rings (SSSR count). The van der Waals surface area contributed by atoms with Crippen LogP contribution in [0.4, 0.5) is 5.82 Å². The summed E-state index contributed by atoms with van der Waals surface area (Å²) in [6, 6.07) is 7.50. The van der Waals surface area contributed by atoms with Crippen molar-refractivity contribution in [1.29, 1.82) is 0 Å². The lowest BCUT2D eigenvalue weighted by atomic mass is 10.2. The number of nitrogen functional groups attached to an aromatic ring is 1. The topological polar surface area (TPSA) is 114 Å². The maximum absolute atomic E-state index is 12.0. The van der Waals surface area contributed by atoms with Crippen LogP contribution < -0.4 is 5.73 Å². The standard InChI is InChI=1S/C18H16ClN7O2/c1-2-28-18(27)13-7-24-26(15(13)20)17-14-8-23-25(16(14)21-10-22-17)9-11-3-5-12(19)6-4-11/h3-8,10H,2,9,20H2,1H3. The summed E-state index contributed by atoms with van der Waals surface area (Å²) in [7, 11) is 0. The van der Waals surface area contributed by atoms with Crippen LogP contribution in [-0.4, -0.2) is 42.1 Å². The van der Waals surface area contributed by atoms with E-state index in [0.29, 0.717) is 28.4 Å². The molecule has 0 spiro atoms. The van der Waals surface area contributed by atoms with Crippen LogP contribution in [0.3, 0.4) is 0 Å². The highest BCUT2D eigenvalue weighted by Crippen LogP contribution is 2.23. The Morgan fingerprint density at radius 3 is 2.71 bits per heavy atom. The van der Waals surface area contributed by atoms with Crippen LogP contribution in [-0.2, 0) is 11.3 Å². The van der Waals surface area contributed by atoms with Crippen molar-refractivity contribution in [1.82, 2.24) is 29.5 Å². The molecule has 4 aromatic rings. The van der Waals surface area contributed by atoms with Gasteiger partial charge in [-0.3, -0.25) is 0 Å². The van der Waals surface area contributed by atoms with Gasteiger partial charge in [-0.05, 0) is 24.6 Å². The van der Waals surface area contributed by atoms with E-state index in [0.717, 1.165) is 5.56 Å². The van der Waals surface area contributed by atoms with Crippen molar-refractivity contribution in [3.63, 3.8) is 0 Å². The van der Waals surface area contributed by atoms with Crippen LogP contribution >= 0.6 is 11.6 Å². The van der Waals surface area contributed by atoms with Gasteiger partial charge in [0, 0.05) is 5.02 Å². The second-order valence-corrected chi connectivity index (χ2v) is 6.38. The number of carbonyl (C=O) groups excluding carboxylic acids is 1. The quantitative estimate of drug-likeness (QED) is 0.514. The minimum atomic E-state index is -0.532. The Labute approximate surface area is 164 Å². The number of benzene rings is 1. The van der Waals surface area contributed by atoms with Crippen LogP contribution in [0.15, 0.2) is 43.0 Å². The number of hydrogen-bond donors (Lipinski definition) is 1. The number of carbonyl (C=O) groups is 1. The van der Waals surface area contributed by atoms with E-state index >= 15 is 0 Å². The Morgan fingerprint density at radius 2 is 1.96 bits per heavy atom. The van der Waals surface area contributed by atoms with Crippen LogP contribution in [0.1, 0.15) is 22.8 Å². The van der Waals surface area contributed by atoms with E-state index in [1.54, 1.807) is 17.8 Å². The van der Waals surface area contributed by atoms with Crippen molar-refractivity contribution in [2.24, 2.45) is 0 Å². The maximum Gasteiger partial charge on any atom is 0.343 e. The van der Waals surface area contributed by atoms with Crippen molar-refractivity contribution in [3.8, 4) is 5.82 Å². The van der Waals surface area contributed by atoms with E-state index in [-0.39, 0.29) is 18.0 Å². The molecule has 28 heavy (non-hydrogen) atoms. The largest absolute Gasteiger partial charge is 0.462 e. The van der Waals surface area contributed by atoms with Crippen molar-refractivity contribution in [2.75, 3.05) is 12.3 Å². The lowest BCUT2D eigenvalue weighted by Gasteiger charge is -2.06. The van der Waals surface area contributed by atoms with Crippen LogP contribution in [0, 0.1) is 0 Å². The van der Waals surface area contributed by atoms with Crippen molar-refractivity contribution in [3.05, 3.63) is 59.1 Å². The number of anilines is 1. The molecule has 0 aliphatic rings. The second-order valence-electron chi connectivity index (χ2n) is 5.94. The molecule has 9 nitrogen and oxygen atoms in total. The normalized spacial score (nSPS) is 11.1. The minimum absolute atomic E-state index is 0.143. The summed E-state index contributed by atoms with van der Waals surface area (Å²) in [5.74, 6) is 0.0410. The summed E-state index contributed by atoms with van der Waals surface area (Å²) in [6.45, 7) is 2.49. The molecule has 0 saturated heterocycles. The lowest BCUT2D eigenvalue weighted by molar-refractivity contribution is 0.0527. The van der Waals surface area contributed by atoms with E-state index in [1.165, 1.54) is 17.2 Å².